The van der Waals surface area contributed by atoms with E-state index in [2.05, 4.69) is 15.0 Å². The van der Waals surface area contributed by atoms with Gasteiger partial charge in [-0.3, -0.25) is 14.0 Å². The fourth-order valence-electron chi connectivity index (χ4n) is 2.27. The average Bonchev–Trinajstić information content (AvgIpc) is 2.89. The van der Waals surface area contributed by atoms with Crippen molar-refractivity contribution in [3.8, 4) is 0 Å². The molecule has 3 aromatic rings. The first-order valence-electron chi connectivity index (χ1n) is 7.47. The first-order valence-corrected chi connectivity index (χ1v) is 8.28. The van der Waals surface area contributed by atoms with Gasteiger partial charge in [-0.1, -0.05) is 18.2 Å². The van der Waals surface area contributed by atoms with Crippen LogP contribution in [0.1, 0.15) is 21.5 Å². The van der Waals surface area contributed by atoms with Gasteiger partial charge in [0.05, 0.1) is 5.56 Å². The third kappa shape index (κ3) is 3.38. The Morgan fingerprint density at radius 2 is 1.83 bits per heavy atom. The second kappa shape index (κ2) is 6.72. The molecule has 0 bridgehead atoms. The Labute approximate surface area is 143 Å². The number of carbonyl (C=O) groups excluding carboxylic acids is 1. The molecule has 5 nitrogen and oxygen atoms in total. The average molecular weight is 339 g/mol. The Morgan fingerprint density at radius 1 is 1.08 bits per heavy atom. The molecule has 3 rings (SSSR count). The van der Waals surface area contributed by atoms with Gasteiger partial charge in [0.1, 0.15) is 5.00 Å². The maximum absolute atomic E-state index is 12.3. The Bertz CT molecular complexity index is 929. The van der Waals surface area contributed by atoms with Crippen LogP contribution in [0.3, 0.4) is 0 Å². The molecule has 0 fully saturated rings. The molecule has 1 amide bonds. The highest BCUT2D eigenvalue weighted by molar-refractivity contribution is 7.10. The van der Waals surface area contributed by atoms with Gasteiger partial charge in [-0.15, -0.1) is 0 Å². The summed E-state index contributed by atoms with van der Waals surface area (Å²) in [6, 6.07) is 14.8. The first kappa shape index (κ1) is 16.0. The topological polar surface area (TPSA) is 74.0 Å². The Balaban J connectivity index is 1.78. The largest absolute Gasteiger partial charge is 0.345 e. The molecule has 0 radical (unpaired) electrons. The van der Waals surface area contributed by atoms with Gasteiger partial charge in [0.25, 0.3) is 11.5 Å². The summed E-state index contributed by atoms with van der Waals surface area (Å²) >= 11 is 1.26. The number of amides is 1. The van der Waals surface area contributed by atoms with Crippen LogP contribution < -0.4 is 16.2 Å². The van der Waals surface area contributed by atoms with Crippen molar-refractivity contribution >= 4 is 33.8 Å². The number of nitrogens with one attached hydrogen (secondary N) is 3. The summed E-state index contributed by atoms with van der Waals surface area (Å²) < 4.78 is 2.69. The highest BCUT2D eigenvalue weighted by Gasteiger charge is 2.10. The molecule has 0 saturated heterocycles. The van der Waals surface area contributed by atoms with E-state index in [0.717, 1.165) is 21.9 Å². The summed E-state index contributed by atoms with van der Waals surface area (Å²) in [5, 5.41) is 6.88. The molecule has 3 N–H and O–H groups in total. The lowest BCUT2D eigenvalue weighted by Crippen LogP contribution is -2.12. The van der Waals surface area contributed by atoms with Crippen LogP contribution in [0.25, 0.3) is 0 Å². The van der Waals surface area contributed by atoms with Crippen LogP contribution in [0.5, 0.6) is 0 Å². The molecular weight excluding hydrogens is 322 g/mol. The highest BCUT2D eigenvalue weighted by Crippen LogP contribution is 2.25. The molecule has 2 aromatic carbocycles. The van der Waals surface area contributed by atoms with Gasteiger partial charge >= 0.3 is 0 Å². The van der Waals surface area contributed by atoms with Gasteiger partial charge in [0.2, 0.25) is 0 Å². The van der Waals surface area contributed by atoms with E-state index < -0.39 is 0 Å². The molecule has 0 aliphatic heterocycles. The minimum atomic E-state index is -0.154. The fourth-order valence-corrected chi connectivity index (χ4v) is 3.02. The molecule has 0 unspecified atom stereocenters. The zero-order chi connectivity index (χ0) is 17.1. The lowest BCUT2D eigenvalue weighted by molar-refractivity contribution is 0.102. The molecule has 0 saturated carbocycles. The third-order valence-corrected chi connectivity index (χ3v) is 4.60. The van der Waals surface area contributed by atoms with Crippen LogP contribution in [0.2, 0.25) is 0 Å². The van der Waals surface area contributed by atoms with E-state index in [1.165, 1.54) is 11.5 Å². The van der Waals surface area contributed by atoms with Crippen molar-refractivity contribution in [3.05, 3.63) is 75.6 Å². The van der Waals surface area contributed by atoms with E-state index in [-0.39, 0.29) is 11.5 Å². The smallest absolute Gasteiger partial charge is 0.263 e. The maximum atomic E-state index is 12.3. The molecule has 0 atom stereocenters. The summed E-state index contributed by atoms with van der Waals surface area (Å²) in [7, 11) is 0. The van der Waals surface area contributed by atoms with Gasteiger partial charge < -0.3 is 10.6 Å². The lowest BCUT2D eigenvalue weighted by Gasteiger charge is -2.10. The van der Waals surface area contributed by atoms with Crippen LogP contribution >= 0.6 is 11.5 Å². The number of para-hydroxylation sites is 1. The van der Waals surface area contributed by atoms with Crippen molar-refractivity contribution in [2.45, 2.75) is 13.8 Å². The van der Waals surface area contributed by atoms with Crippen LogP contribution in [0, 0.1) is 13.8 Å². The van der Waals surface area contributed by atoms with Crippen molar-refractivity contribution in [2.24, 2.45) is 0 Å². The number of carbonyl (C=O) groups is 1. The minimum absolute atomic E-state index is 0.0842. The number of hydrogen-bond acceptors (Lipinski definition) is 4. The molecule has 0 aliphatic carbocycles. The van der Waals surface area contributed by atoms with Gasteiger partial charge in [-0.25, -0.2) is 0 Å². The molecule has 0 aliphatic rings. The van der Waals surface area contributed by atoms with Crippen LogP contribution in [-0.4, -0.2) is 10.3 Å². The highest BCUT2D eigenvalue weighted by atomic mass is 32.1. The monoisotopic (exact) mass is 339 g/mol. The number of rotatable bonds is 4. The molecule has 1 aromatic heterocycles. The molecule has 24 heavy (non-hydrogen) atoms. The van der Waals surface area contributed by atoms with E-state index in [1.807, 2.05) is 49.4 Å². The van der Waals surface area contributed by atoms with Gasteiger partial charge in [-0.2, -0.15) is 0 Å². The van der Waals surface area contributed by atoms with Crippen LogP contribution in [-0.2, 0) is 0 Å². The second-order valence-corrected chi connectivity index (χ2v) is 6.28. The van der Waals surface area contributed by atoms with Gasteiger partial charge in [0, 0.05) is 16.9 Å². The number of aromatic nitrogens is 1. The van der Waals surface area contributed by atoms with Crippen LogP contribution in [0.15, 0.2) is 53.3 Å². The summed E-state index contributed by atoms with van der Waals surface area (Å²) in [5.41, 5.74) is 3.71. The summed E-state index contributed by atoms with van der Waals surface area (Å²) in [5.74, 6) is -0.154. The molecule has 122 valence electrons. The number of aryl methyl sites for hydroxylation is 1. The van der Waals surface area contributed by atoms with E-state index >= 15 is 0 Å². The normalized spacial score (nSPS) is 10.4. The Hall–Kier alpha value is -2.86. The minimum Gasteiger partial charge on any atom is -0.345 e. The zero-order valence-corrected chi connectivity index (χ0v) is 14.2. The SMILES string of the molecule is Cc1cc(C(=O)Nc2ccccc2)ccc1Nc1s[nH]c(=O)c1C. The quantitative estimate of drug-likeness (QED) is 0.671. The Kier molecular flexibility index (Phi) is 4.48. The number of aromatic amines is 1. The van der Waals surface area contributed by atoms with E-state index in [4.69, 9.17) is 0 Å². The Morgan fingerprint density at radius 3 is 2.46 bits per heavy atom. The van der Waals surface area contributed by atoms with Crippen molar-refractivity contribution in [1.29, 1.82) is 0 Å². The second-order valence-electron chi connectivity index (χ2n) is 5.46. The first-order chi connectivity index (χ1) is 11.5. The molecule has 0 spiro atoms. The zero-order valence-electron chi connectivity index (χ0n) is 13.3. The standard InChI is InChI=1S/C18H17N3O2S/c1-11-10-13(17(23)19-14-6-4-3-5-7-14)8-9-15(11)20-18-12(2)16(22)21-24-18/h3-10,20H,1-2H3,(H,19,23)(H,21,22). The maximum Gasteiger partial charge on any atom is 0.263 e. The van der Waals surface area contributed by atoms with Crippen LogP contribution in [0.4, 0.5) is 16.4 Å². The fraction of sp³-hybridized carbons (Fsp3) is 0.111. The van der Waals surface area contributed by atoms with E-state index in [9.17, 15) is 9.59 Å². The van der Waals surface area contributed by atoms with E-state index in [1.54, 1.807) is 13.0 Å². The molecular formula is C18H17N3O2S. The van der Waals surface area contributed by atoms with E-state index in [0.29, 0.717) is 11.1 Å². The molecule has 6 heteroatoms. The van der Waals surface area contributed by atoms with Crippen molar-refractivity contribution in [2.75, 3.05) is 10.6 Å². The number of hydrogen-bond donors (Lipinski definition) is 3. The molecule has 1 heterocycles. The summed E-state index contributed by atoms with van der Waals surface area (Å²) in [6.07, 6.45) is 0. The van der Waals surface area contributed by atoms with Crippen molar-refractivity contribution in [1.82, 2.24) is 4.37 Å². The lowest BCUT2D eigenvalue weighted by atomic mass is 10.1. The van der Waals surface area contributed by atoms with Gasteiger partial charge in [-0.05, 0) is 61.3 Å². The van der Waals surface area contributed by atoms with Gasteiger partial charge in [0.15, 0.2) is 0 Å². The summed E-state index contributed by atoms with van der Waals surface area (Å²) in [6.45, 7) is 3.70. The number of H-pyrrole nitrogens is 1. The third-order valence-electron chi connectivity index (χ3n) is 3.70. The van der Waals surface area contributed by atoms with Crippen molar-refractivity contribution < 1.29 is 4.79 Å². The predicted molar refractivity (Wildman–Crippen MR) is 98.5 cm³/mol. The summed E-state index contributed by atoms with van der Waals surface area (Å²) in [4.78, 5) is 23.8. The number of benzene rings is 2. The number of anilines is 3. The van der Waals surface area contributed by atoms with Crippen molar-refractivity contribution in [3.63, 3.8) is 0 Å². The predicted octanol–water partition coefficient (Wildman–Crippen LogP) is 4.05.